The van der Waals surface area contributed by atoms with Gasteiger partial charge in [-0.3, -0.25) is 14.2 Å². The lowest BCUT2D eigenvalue weighted by molar-refractivity contribution is -0.148. The molecule has 1 saturated carbocycles. The summed E-state index contributed by atoms with van der Waals surface area (Å²) in [6.45, 7) is 12.4. The van der Waals surface area contributed by atoms with E-state index in [0.29, 0.717) is 5.52 Å². The van der Waals surface area contributed by atoms with Crippen LogP contribution < -0.4 is 10.5 Å². The van der Waals surface area contributed by atoms with Gasteiger partial charge in [0.15, 0.2) is 11.2 Å². The molecule has 2 fully saturated rings. The van der Waals surface area contributed by atoms with Crippen molar-refractivity contribution in [3.63, 3.8) is 0 Å². The number of carbonyl (C=O) groups is 2. The van der Waals surface area contributed by atoms with Crippen molar-refractivity contribution in [3.05, 3.63) is 6.33 Å². The lowest BCUT2D eigenvalue weighted by Crippen LogP contribution is -2.48. The Hall–Kier alpha value is -2.92. The van der Waals surface area contributed by atoms with Gasteiger partial charge in [0.2, 0.25) is 11.8 Å². The molecule has 0 bridgehead atoms. The van der Waals surface area contributed by atoms with Crippen molar-refractivity contribution in [3.8, 4) is 5.88 Å². The summed E-state index contributed by atoms with van der Waals surface area (Å²) in [4.78, 5) is 39.1. The number of esters is 2. The number of hydrogen-bond acceptors (Lipinski definition) is 14. The Labute approximate surface area is 286 Å². The van der Waals surface area contributed by atoms with Crippen molar-refractivity contribution < 1.29 is 47.8 Å². The SMILES string of the molecule is CCOC(=O)[C@H](CC(C)C)N(C)P(=O)(OC[C@H]1OC2(C)[C@@H](n3cnc4c(OC)nc(N)nc43)C2(O)C1O)N(C)[C@@H](CC(C)C)C(=O)OCC. The first-order chi connectivity index (χ1) is 22.9. The molecule has 4 N–H and O–H groups in total. The van der Waals surface area contributed by atoms with Crippen LogP contribution in [0.15, 0.2) is 6.33 Å². The number of likely N-dealkylation sites (N-methyl/N-ethyl adjacent to an activating group) is 2. The number of nitrogens with two attached hydrogens (primary N) is 1. The van der Waals surface area contributed by atoms with E-state index in [1.807, 2.05) is 27.7 Å². The van der Waals surface area contributed by atoms with Crippen molar-refractivity contribution in [1.29, 1.82) is 0 Å². The second kappa shape index (κ2) is 14.7. The molecule has 4 rings (SSSR count). The van der Waals surface area contributed by atoms with Gasteiger partial charge < -0.3 is 44.0 Å². The summed E-state index contributed by atoms with van der Waals surface area (Å²) in [7, 11) is 0.101. The molecule has 2 aromatic rings. The zero-order valence-electron chi connectivity index (χ0n) is 30.0. The second-order valence-corrected chi connectivity index (χ2v) is 16.1. The first kappa shape index (κ1) is 38.9. The fraction of sp³-hybridized carbons (Fsp3) is 0.774. The van der Waals surface area contributed by atoms with E-state index in [2.05, 4.69) is 15.0 Å². The van der Waals surface area contributed by atoms with Crippen LogP contribution in [0.2, 0.25) is 0 Å². The average Bonchev–Trinajstić information content (AvgIpc) is 3.24. The number of nitrogens with zero attached hydrogens (tertiary/aromatic N) is 6. The minimum Gasteiger partial charge on any atom is -0.479 e. The van der Waals surface area contributed by atoms with E-state index >= 15 is 4.57 Å². The Morgan fingerprint density at radius 2 is 1.59 bits per heavy atom. The number of nitrogen functional groups attached to an aromatic ring is 1. The molecule has 0 radical (unpaired) electrons. The quantitative estimate of drug-likeness (QED) is 0.158. The molecule has 0 aromatic carbocycles. The van der Waals surface area contributed by atoms with Gasteiger partial charge >= 0.3 is 19.6 Å². The number of hydrogen-bond donors (Lipinski definition) is 3. The standard InChI is InChI=1S/C31H52N7O10P/c1-11-45-26(40)19(13-17(3)4)36(8)49(43,37(9)20(14-18(5)6)27(41)46-12-2)47-15-21-23(39)31(42)28(30(31,7)48-21)38-16-33-22-24(38)34-29(32)35-25(22)44-10/h16-21,23,28,39,42H,11-15H2,1-10H3,(H2,32,34,35)/t19-,20-,21+,23?,28+,30?,31?/m0/s1. The lowest BCUT2D eigenvalue weighted by Gasteiger charge is -2.41. The zero-order chi connectivity index (χ0) is 36.6. The van der Waals surface area contributed by atoms with Crippen molar-refractivity contribution in [2.45, 2.75) is 103 Å². The molecular weight excluding hydrogens is 661 g/mol. The van der Waals surface area contributed by atoms with Crippen LogP contribution >= 0.6 is 7.67 Å². The maximum absolute atomic E-state index is 15.2. The van der Waals surface area contributed by atoms with E-state index in [0.717, 1.165) is 0 Å². The molecule has 0 spiro atoms. The molecule has 1 saturated heterocycles. The zero-order valence-corrected chi connectivity index (χ0v) is 30.9. The van der Waals surface area contributed by atoms with Crippen LogP contribution in [0.1, 0.15) is 67.3 Å². The number of fused-ring (bicyclic) bond motifs is 2. The Morgan fingerprint density at radius 3 is 2.02 bits per heavy atom. The monoisotopic (exact) mass is 713 g/mol. The number of aliphatic hydroxyl groups is 2. The van der Waals surface area contributed by atoms with E-state index in [1.54, 1.807) is 25.3 Å². The molecule has 2 aliphatic rings. The number of anilines is 1. The second-order valence-electron chi connectivity index (χ2n) is 13.6. The molecule has 7 atom stereocenters. The fourth-order valence-electron chi connectivity index (χ4n) is 6.80. The Bertz CT molecular complexity index is 1520. The number of carbonyl (C=O) groups excluding carboxylic acids is 2. The summed E-state index contributed by atoms with van der Waals surface area (Å²) in [6.07, 6.45) is -0.669. The summed E-state index contributed by atoms with van der Waals surface area (Å²) >= 11 is 0. The molecule has 1 aliphatic carbocycles. The van der Waals surface area contributed by atoms with E-state index in [4.69, 9.17) is 29.2 Å². The third-order valence-corrected chi connectivity index (χ3v) is 12.0. The van der Waals surface area contributed by atoms with Crippen molar-refractivity contribution >= 4 is 36.7 Å². The summed E-state index contributed by atoms with van der Waals surface area (Å²) in [5.41, 5.74) is 3.31. The van der Waals surface area contributed by atoms with Crippen LogP contribution in [0.3, 0.4) is 0 Å². The van der Waals surface area contributed by atoms with Crippen LogP contribution in [0.25, 0.3) is 11.2 Å². The molecular formula is C31H52N7O10P. The predicted octanol–water partition coefficient (Wildman–Crippen LogP) is 2.17. The number of methoxy groups -OCH3 is 1. The number of aliphatic hydroxyl groups excluding tert-OH is 1. The minimum atomic E-state index is -4.29. The summed E-state index contributed by atoms with van der Waals surface area (Å²) in [6, 6.07) is -2.82. The Balaban J connectivity index is 1.66. The Kier molecular flexibility index (Phi) is 11.7. The topological polar surface area (TPSA) is 214 Å². The van der Waals surface area contributed by atoms with Gasteiger partial charge in [-0.05, 0) is 59.5 Å². The third kappa shape index (κ3) is 6.90. The van der Waals surface area contributed by atoms with E-state index in [-0.39, 0.29) is 55.4 Å². The van der Waals surface area contributed by atoms with E-state index in [1.165, 1.54) is 36.9 Å². The lowest BCUT2D eigenvalue weighted by atomic mass is 10.0. The molecule has 0 amide bonds. The maximum atomic E-state index is 15.2. The van der Waals surface area contributed by atoms with Crippen LogP contribution in [0, 0.1) is 11.8 Å². The largest absolute Gasteiger partial charge is 0.479 e. The molecule has 276 valence electrons. The molecule has 17 nitrogen and oxygen atoms in total. The van der Waals surface area contributed by atoms with Gasteiger partial charge in [0, 0.05) is 0 Å². The van der Waals surface area contributed by atoms with Crippen molar-refractivity contribution in [2.24, 2.45) is 11.8 Å². The number of rotatable bonds is 17. The Morgan fingerprint density at radius 1 is 1.06 bits per heavy atom. The van der Waals surface area contributed by atoms with Gasteiger partial charge in [-0.25, -0.2) is 14.3 Å². The van der Waals surface area contributed by atoms with Crippen LogP contribution in [-0.4, -0.2) is 128 Å². The van der Waals surface area contributed by atoms with Gasteiger partial charge in [0.05, 0.1) is 33.3 Å². The van der Waals surface area contributed by atoms with E-state index in [9.17, 15) is 19.8 Å². The first-order valence-corrected chi connectivity index (χ1v) is 18.1. The highest BCUT2D eigenvalue weighted by molar-refractivity contribution is 7.54. The highest BCUT2D eigenvalue weighted by atomic mass is 31.2. The molecule has 49 heavy (non-hydrogen) atoms. The van der Waals surface area contributed by atoms with Gasteiger partial charge in [-0.1, -0.05) is 27.7 Å². The average molecular weight is 714 g/mol. The molecule has 2 aromatic heterocycles. The number of ether oxygens (including phenoxy) is 4. The normalized spacial score (nSPS) is 26.4. The molecule has 3 heterocycles. The molecule has 3 unspecified atom stereocenters. The van der Waals surface area contributed by atoms with Gasteiger partial charge in [-0.2, -0.15) is 9.97 Å². The first-order valence-electron chi connectivity index (χ1n) is 16.6. The van der Waals surface area contributed by atoms with Crippen LogP contribution in [0.4, 0.5) is 5.95 Å². The van der Waals surface area contributed by atoms with Crippen LogP contribution in [-0.2, 0) is 32.9 Å². The predicted molar refractivity (Wildman–Crippen MR) is 178 cm³/mol. The third-order valence-electron chi connectivity index (χ3n) is 9.34. The van der Waals surface area contributed by atoms with E-state index < -0.39 is 67.8 Å². The van der Waals surface area contributed by atoms with Crippen molar-refractivity contribution in [2.75, 3.05) is 46.8 Å². The van der Waals surface area contributed by atoms with Gasteiger partial charge in [0.1, 0.15) is 41.5 Å². The summed E-state index contributed by atoms with van der Waals surface area (Å²) in [5, 5.41) is 23.4. The fourth-order valence-corrected chi connectivity index (χ4v) is 9.03. The van der Waals surface area contributed by atoms with Gasteiger partial charge in [-0.15, -0.1) is 0 Å². The van der Waals surface area contributed by atoms with Crippen molar-refractivity contribution in [1.82, 2.24) is 28.9 Å². The summed E-state index contributed by atoms with van der Waals surface area (Å²) in [5.74, 6) is -1.09. The number of aromatic nitrogens is 4. The minimum absolute atomic E-state index is 0.00482. The number of imidazole rings is 1. The molecule has 1 aliphatic heterocycles. The van der Waals surface area contributed by atoms with Crippen LogP contribution in [0.5, 0.6) is 5.88 Å². The molecule has 18 heteroatoms. The smallest absolute Gasteiger partial charge is 0.347 e. The summed E-state index contributed by atoms with van der Waals surface area (Å²) < 4.78 is 47.9. The maximum Gasteiger partial charge on any atom is 0.347 e. The van der Waals surface area contributed by atoms with Gasteiger partial charge in [0.25, 0.3) is 0 Å². The highest BCUT2D eigenvalue weighted by Crippen LogP contribution is 2.68. The highest BCUT2D eigenvalue weighted by Gasteiger charge is 2.85.